The molecule has 0 spiro atoms. The lowest BCUT2D eigenvalue weighted by molar-refractivity contribution is -0.148. The van der Waals surface area contributed by atoms with Crippen LogP contribution in [-0.2, 0) is 9.59 Å². The van der Waals surface area contributed by atoms with Crippen LogP contribution in [0.4, 0.5) is 0 Å². The Labute approximate surface area is 61.2 Å². The first-order chi connectivity index (χ1) is 4.09. The van der Waals surface area contributed by atoms with Crippen molar-refractivity contribution in [2.45, 2.75) is 18.2 Å². The summed E-state index contributed by atoms with van der Waals surface area (Å²) in [5.74, 6) is -2.16. The van der Waals surface area contributed by atoms with Crippen molar-refractivity contribution < 1.29 is 14.7 Å². The van der Waals surface area contributed by atoms with Gasteiger partial charge in [-0.3, -0.25) is 4.79 Å². The smallest absolute Gasteiger partial charge is 0.373 e. The van der Waals surface area contributed by atoms with Gasteiger partial charge in [-0.1, -0.05) is 22.9 Å². The van der Waals surface area contributed by atoms with Gasteiger partial charge in [0.15, 0.2) is 0 Å². The number of alkyl halides is 1. The summed E-state index contributed by atoms with van der Waals surface area (Å²) < 4.78 is 0. The predicted octanol–water partition coefficient (Wildman–Crippen LogP) is 0.814. The Morgan fingerprint density at radius 1 is 1.67 bits per heavy atom. The Hall–Kier alpha value is -0.380. The van der Waals surface area contributed by atoms with E-state index in [1.54, 1.807) is 6.92 Å². The molecule has 9 heavy (non-hydrogen) atoms. The highest BCUT2D eigenvalue weighted by Gasteiger charge is 2.19. The maximum atomic E-state index is 10.4. The van der Waals surface area contributed by atoms with Gasteiger partial charge >= 0.3 is 5.97 Å². The molecule has 0 saturated heterocycles. The first-order valence-electron chi connectivity index (χ1n) is 2.50. The van der Waals surface area contributed by atoms with Crippen LogP contribution in [0.15, 0.2) is 0 Å². The molecule has 3 nitrogen and oxygen atoms in total. The Morgan fingerprint density at radius 3 is 2.22 bits per heavy atom. The number of ketones is 1. The number of carbonyl (C=O) groups excluding carboxylic acids is 1. The van der Waals surface area contributed by atoms with E-state index in [1.165, 1.54) is 0 Å². The minimum Gasteiger partial charge on any atom is -0.475 e. The first-order valence-corrected chi connectivity index (χ1v) is 3.42. The van der Waals surface area contributed by atoms with Crippen LogP contribution in [-0.4, -0.2) is 21.7 Å². The maximum absolute atomic E-state index is 10.4. The SMILES string of the molecule is CCC(Br)C(=O)C(=O)O. The standard InChI is InChI=1S/C5H7BrO3/c1-2-3(6)4(7)5(8)9/h3H,2H2,1H3,(H,8,9). The van der Waals surface area contributed by atoms with Gasteiger partial charge in [0.2, 0.25) is 0 Å². The van der Waals surface area contributed by atoms with Gasteiger partial charge in [0.05, 0.1) is 4.83 Å². The third kappa shape index (κ3) is 2.60. The lowest BCUT2D eigenvalue weighted by atomic mass is 10.2. The molecule has 0 bridgehead atoms. The third-order valence-corrected chi connectivity index (χ3v) is 1.92. The molecule has 0 amide bonds. The lowest BCUT2D eigenvalue weighted by Crippen LogP contribution is -2.22. The summed E-state index contributed by atoms with van der Waals surface area (Å²) in [5, 5.41) is 8.10. The van der Waals surface area contributed by atoms with Crippen molar-refractivity contribution in [3.05, 3.63) is 0 Å². The number of halogens is 1. The molecule has 4 heteroatoms. The van der Waals surface area contributed by atoms with Crippen LogP contribution < -0.4 is 0 Å². The van der Waals surface area contributed by atoms with E-state index in [4.69, 9.17) is 5.11 Å². The van der Waals surface area contributed by atoms with Crippen molar-refractivity contribution in [3.63, 3.8) is 0 Å². The van der Waals surface area contributed by atoms with Crippen molar-refractivity contribution in [2.24, 2.45) is 0 Å². The minimum atomic E-state index is -1.38. The number of Topliss-reactive ketones (excluding diaryl/α,β-unsaturated/α-hetero) is 1. The summed E-state index contributed by atoms with van der Waals surface area (Å²) in [6.07, 6.45) is 0.505. The highest BCUT2D eigenvalue weighted by Crippen LogP contribution is 2.04. The molecule has 1 N–H and O–H groups in total. The fraction of sp³-hybridized carbons (Fsp3) is 0.600. The molecular weight excluding hydrogens is 188 g/mol. The Bertz CT molecular complexity index is 132. The Morgan fingerprint density at radius 2 is 2.11 bits per heavy atom. The predicted molar refractivity (Wildman–Crippen MR) is 35.6 cm³/mol. The van der Waals surface area contributed by atoms with Crippen molar-refractivity contribution in [1.29, 1.82) is 0 Å². The third-order valence-electron chi connectivity index (χ3n) is 0.854. The number of carbonyl (C=O) groups is 2. The van der Waals surface area contributed by atoms with E-state index in [2.05, 4.69) is 15.9 Å². The second-order valence-corrected chi connectivity index (χ2v) is 2.65. The number of rotatable bonds is 3. The van der Waals surface area contributed by atoms with E-state index < -0.39 is 16.6 Å². The molecule has 0 fully saturated rings. The van der Waals surface area contributed by atoms with Crippen molar-refractivity contribution in [1.82, 2.24) is 0 Å². The van der Waals surface area contributed by atoms with Gasteiger partial charge in [0, 0.05) is 0 Å². The summed E-state index contributed by atoms with van der Waals surface area (Å²) in [7, 11) is 0. The van der Waals surface area contributed by atoms with Crippen molar-refractivity contribution in [3.8, 4) is 0 Å². The van der Waals surface area contributed by atoms with E-state index in [0.717, 1.165) is 0 Å². The number of hydrogen-bond acceptors (Lipinski definition) is 2. The highest BCUT2D eigenvalue weighted by molar-refractivity contribution is 9.10. The zero-order valence-corrected chi connectivity index (χ0v) is 6.51. The second-order valence-electron chi connectivity index (χ2n) is 1.55. The summed E-state index contributed by atoms with van der Waals surface area (Å²) in [6.45, 7) is 1.74. The molecule has 1 atom stereocenters. The quantitative estimate of drug-likeness (QED) is 0.535. The molecule has 0 radical (unpaired) electrons. The van der Waals surface area contributed by atoms with E-state index in [9.17, 15) is 9.59 Å². The molecule has 0 aliphatic rings. The molecule has 0 saturated carbocycles. The monoisotopic (exact) mass is 194 g/mol. The number of hydrogen-bond donors (Lipinski definition) is 1. The molecule has 52 valence electrons. The number of carboxylic acid groups (broad SMARTS) is 1. The topological polar surface area (TPSA) is 54.4 Å². The number of aliphatic carboxylic acids is 1. The average molecular weight is 195 g/mol. The fourth-order valence-electron chi connectivity index (χ4n) is 0.319. The van der Waals surface area contributed by atoms with Crippen LogP contribution in [0, 0.1) is 0 Å². The number of carboxylic acids is 1. The molecule has 0 rings (SSSR count). The van der Waals surface area contributed by atoms with E-state index >= 15 is 0 Å². The van der Waals surface area contributed by atoms with Gasteiger partial charge in [0.1, 0.15) is 0 Å². The van der Waals surface area contributed by atoms with Gasteiger partial charge in [-0.25, -0.2) is 4.79 Å². The summed E-state index contributed by atoms with van der Waals surface area (Å²) in [6, 6.07) is 0. The van der Waals surface area contributed by atoms with Crippen molar-refractivity contribution >= 4 is 27.7 Å². The van der Waals surface area contributed by atoms with Crippen molar-refractivity contribution in [2.75, 3.05) is 0 Å². The molecule has 1 unspecified atom stereocenters. The van der Waals surface area contributed by atoms with Gasteiger partial charge < -0.3 is 5.11 Å². The second kappa shape index (κ2) is 3.61. The van der Waals surface area contributed by atoms with Gasteiger partial charge in [0.25, 0.3) is 5.78 Å². The fourth-order valence-corrected chi connectivity index (χ4v) is 0.515. The molecule has 0 aromatic carbocycles. The lowest BCUT2D eigenvalue weighted by Gasteiger charge is -1.97. The molecule has 0 heterocycles. The molecule has 0 aliphatic heterocycles. The molecule has 0 aromatic heterocycles. The van der Waals surface area contributed by atoms with Crippen LogP contribution in [0.5, 0.6) is 0 Å². The largest absolute Gasteiger partial charge is 0.475 e. The summed E-state index contributed by atoms with van der Waals surface area (Å²) in [4.78, 5) is 19.8. The van der Waals surface area contributed by atoms with Crippen LogP contribution >= 0.6 is 15.9 Å². The van der Waals surface area contributed by atoms with E-state index in [0.29, 0.717) is 6.42 Å². The van der Waals surface area contributed by atoms with Crippen LogP contribution in [0.1, 0.15) is 13.3 Å². The molecular formula is C5H7BrO3. The maximum Gasteiger partial charge on any atom is 0.373 e. The van der Waals surface area contributed by atoms with E-state index in [-0.39, 0.29) is 0 Å². The van der Waals surface area contributed by atoms with Crippen LogP contribution in [0.3, 0.4) is 0 Å². The van der Waals surface area contributed by atoms with Gasteiger partial charge in [-0.05, 0) is 6.42 Å². The minimum absolute atomic E-state index is 0.505. The molecule has 0 aliphatic carbocycles. The average Bonchev–Trinajstić information content (AvgIpc) is 1.84. The van der Waals surface area contributed by atoms with Crippen LogP contribution in [0.25, 0.3) is 0 Å². The first kappa shape index (κ1) is 8.62. The Kier molecular flexibility index (Phi) is 3.46. The zero-order valence-electron chi connectivity index (χ0n) is 4.93. The van der Waals surface area contributed by atoms with E-state index in [1.807, 2.05) is 0 Å². The summed E-state index contributed by atoms with van der Waals surface area (Å²) >= 11 is 2.91. The van der Waals surface area contributed by atoms with Gasteiger partial charge in [-0.2, -0.15) is 0 Å². The van der Waals surface area contributed by atoms with Crippen LogP contribution in [0.2, 0.25) is 0 Å². The van der Waals surface area contributed by atoms with Gasteiger partial charge in [-0.15, -0.1) is 0 Å². The summed E-state index contributed by atoms with van der Waals surface area (Å²) in [5.41, 5.74) is 0. The highest BCUT2D eigenvalue weighted by atomic mass is 79.9. The normalized spacial score (nSPS) is 12.7. The molecule has 0 aromatic rings. The Balaban J connectivity index is 3.88. The zero-order chi connectivity index (χ0) is 7.44.